The van der Waals surface area contributed by atoms with Gasteiger partial charge in [0.05, 0.1) is 0 Å². The molecule has 42 valence electrons. The Morgan fingerprint density at radius 1 is 2.00 bits per heavy atom. The van der Waals surface area contributed by atoms with Crippen molar-refractivity contribution in [1.82, 2.24) is 0 Å². The molecule has 0 aromatic heterocycles. The average Bonchev–Trinajstić information content (AvgIpc) is 1.27. The smallest absolute Gasteiger partial charge is 0.0425 e. The molecule has 0 aliphatic rings. The quantitative estimate of drug-likeness (QED) is 0.537. The summed E-state index contributed by atoms with van der Waals surface area (Å²) in [6, 6.07) is 0. The second-order valence-electron chi connectivity index (χ2n) is 1.36. The molecule has 3 heteroatoms. The molecule has 0 N–H and O–H groups in total. The van der Waals surface area contributed by atoms with Gasteiger partial charge in [0.25, 0.3) is 0 Å². The van der Waals surface area contributed by atoms with Gasteiger partial charge in [0, 0.05) is 10.8 Å². The molecule has 0 saturated carbocycles. The number of hydrogen-bond donors (Lipinski definition) is 0. The number of hydrogen-bond acceptors (Lipinski definition) is 2. The minimum Gasteiger partial charge on any atom is -0.550 e. The van der Waals surface area contributed by atoms with Gasteiger partial charge < -0.3 is 9.90 Å². The Morgan fingerprint density at radius 3 is 2.43 bits per heavy atom. The van der Waals surface area contributed by atoms with E-state index < -0.39 is 5.97 Å². The topological polar surface area (TPSA) is 40.1 Å². The zero-order valence-electron chi connectivity index (χ0n) is 3.98. The first-order valence-electron chi connectivity index (χ1n) is 1.97. The lowest BCUT2D eigenvalue weighted by atomic mass is 10.3. The Morgan fingerprint density at radius 2 is 2.43 bits per heavy atom. The van der Waals surface area contributed by atoms with E-state index in [-0.39, 0.29) is 11.2 Å². The van der Waals surface area contributed by atoms with Crippen molar-refractivity contribution < 1.29 is 9.90 Å². The average molecular weight is 166 g/mol. The van der Waals surface area contributed by atoms with E-state index in [2.05, 4.69) is 15.9 Å². The van der Waals surface area contributed by atoms with E-state index in [1.807, 2.05) is 0 Å². The van der Waals surface area contributed by atoms with Crippen LogP contribution in [-0.2, 0) is 4.79 Å². The fourth-order valence-electron chi connectivity index (χ4n) is 0.230. The summed E-state index contributed by atoms with van der Waals surface area (Å²) in [5.41, 5.74) is 0. The van der Waals surface area contributed by atoms with E-state index in [4.69, 9.17) is 0 Å². The summed E-state index contributed by atoms with van der Waals surface area (Å²) in [5, 5.41) is 9.67. The highest BCUT2D eigenvalue weighted by atomic mass is 79.9. The highest BCUT2D eigenvalue weighted by Gasteiger charge is 1.92. The first kappa shape index (κ1) is 6.95. The van der Waals surface area contributed by atoms with Gasteiger partial charge in [-0.15, -0.1) is 0 Å². The van der Waals surface area contributed by atoms with E-state index >= 15 is 0 Å². The summed E-state index contributed by atoms with van der Waals surface area (Å²) in [5.74, 6) is -1.01. The molecule has 0 unspecified atom stereocenters. The van der Waals surface area contributed by atoms with Gasteiger partial charge in [-0.05, 0) is 6.42 Å². The fraction of sp³-hybridized carbons (Fsp3) is 0.750. The van der Waals surface area contributed by atoms with Crippen LogP contribution < -0.4 is 5.11 Å². The molecule has 0 rings (SSSR count). The summed E-state index contributed by atoms with van der Waals surface area (Å²) in [7, 11) is 0. The summed E-state index contributed by atoms with van der Waals surface area (Å²) in [4.78, 5) is 9.69. The van der Waals surface area contributed by atoms with Crippen molar-refractivity contribution in [2.24, 2.45) is 0 Å². The van der Waals surface area contributed by atoms with Crippen LogP contribution in [-0.4, -0.2) is 10.8 Å². The molecule has 0 spiro atoms. The molecule has 2 nitrogen and oxygen atoms in total. The van der Waals surface area contributed by atoms with Gasteiger partial charge in [-0.25, -0.2) is 0 Å². The normalized spacial score (nSPS) is 13.4. The Balaban J connectivity index is 3.13. The molecule has 7 heavy (non-hydrogen) atoms. The Labute approximate surface area is 50.7 Å². The number of carboxylic acid groups (broad SMARTS) is 1. The molecule has 0 fully saturated rings. The molecule has 0 aliphatic heterocycles. The van der Waals surface area contributed by atoms with Gasteiger partial charge in [0.1, 0.15) is 0 Å². The van der Waals surface area contributed by atoms with Crippen LogP contribution >= 0.6 is 15.9 Å². The highest BCUT2D eigenvalue weighted by Crippen LogP contribution is 2.00. The van der Waals surface area contributed by atoms with Gasteiger partial charge in [-0.2, -0.15) is 0 Å². The lowest BCUT2D eigenvalue weighted by Crippen LogP contribution is -2.24. The van der Waals surface area contributed by atoms with Crippen molar-refractivity contribution in [1.29, 1.82) is 0 Å². The largest absolute Gasteiger partial charge is 0.550 e. The number of carbonyl (C=O) groups is 1. The maximum Gasteiger partial charge on any atom is 0.0425 e. The van der Waals surface area contributed by atoms with E-state index in [0.29, 0.717) is 0 Å². The third-order valence-electron chi connectivity index (χ3n) is 0.448. The molecule has 0 heterocycles. The summed E-state index contributed by atoms with van der Waals surface area (Å²) >= 11 is 3.05. The number of rotatable bonds is 2. The minimum absolute atomic E-state index is 0.0255. The molecule has 0 bridgehead atoms. The second-order valence-corrected chi connectivity index (χ2v) is 2.92. The third-order valence-corrected chi connectivity index (χ3v) is 0.772. The molecule has 0 aliphatic carbocycles. The van der Waals surface area contributed by atoms with Gasteiger partial charge in [0.15, 0.2) is 0 Å². The predicted octanol–water partition coefficient (Wildman–Crippen LogP) is -0.0902. The van der Waals surface area contributed by atoms with Crippen molar-refractivity contribution >= 4 is 21.9 Å². The Bertz CT molecular complexity index is 70.1. The van der Waals surface area contributed by atoms with E-state index in [1.165, 1.54) is 0 Å². The van der Waals surface area contributed by atoms with E-state index in [9.17, 15) is 9.90 Å². The molecule has 0 saturated heterocycles. The SMILES string of the molecule is C[C@@H](Br)CC(=O)[O-]. The van der Waals surface area contributed by atoms with Crippen molar-refractivity contribution in [3.63, 3.8) is 0 Å². The fourth-order valence-corrected chi connectivity index (χ4v) is 0.494. The van der Waals surface area contributed by atoms with Gasteiger partial charge in [-0.1, -0.05) is 22.9 Å². The summed E-state index contributed by atoms with van der Waals surface area (Å²) in [6.07, 6.45) is 0.0833. The number of halogens is 1. The molecular weight excluding hydrogens is 160 g/mol. The molecule has 1 atom stereocenters. The maximum absolute atomic E-state index is 9.67. The van der Waals surface area contributed by atoms with Crippen LogP contribution in [0.4, 0.5) is 0 Å². The first-order chi connectivity index (χ1) is 3.13. The van der Waals surface area contributed by atoms with Crippen LogP contribution in [0.15, 0.2) is 0 Å². The molecule has 0 aromatic rings. The number of aliphatic carboxylic acids is 1. The van der Waals surface area contributed by atoms with Crippen LogP contribution in [0.5, 0.6) is 0 Å². The Hall–Kier alpha value is -0.0500. The van der Waals surface area contributed by atoms with Gasteiger partial charge in [-0.3, -0.25) is 0 Å². The van der Waals surface area contributed by atoms with E-state index in [1.54, 1.807) is 6.92 Å². The minimum atomic E-state index is -1.01. The monoisotopic (exact) mass is 165 g/mol. The Kier molecular flexibility index (Phi) is 3.00. The summed E-state index contributed by atoms with van der Waals surface area (Å²) in [6.45, 7) is 1.76. The van der Waals surface area contributed by atoms with E-state index in [0.717, 1.165) is 0 Å². The van der Waals surface area contributed by atoms with Crippen LogP contribution in [0.2, 0.25) is 0 Å². The molecule has 0 radical (unpaired) electrons. The molecule has 0 amide bonds. The zero-order chi connectivity index (χ0) is 5.86. The highest BCUT2D eigenvalue weighted by molar-refractivity contribution is 9.09. The maximum atomic E-state index is 9.67. The lowest BCUT2D eigenvalue weighted by Gasteiger charge is -2.00. The first-order valence-corrected chi connectivity index (χ1v) is 2.88. The van der Waals surface area contributed by atoms with Crippen LogP contribution in [0.3, 0.4) is 0 Å². The standard InChI is InChI=1S/C4H7BrO2/c1-3(5)2-4(6)7/h3H,2H2,1H3,(H,6,7)/p-1/t3-/m1/s1. The number of carbonyl (C=O) groups excluding carboxylic acids is 1. The van der Waals surface area contributed by atoms with Crippen molar-refractivity contribution in [2.45, 2.75) is 18.2 Å². The van der Waals surface area contributed by atoms with Gasteiger partial charge in [0.2, 0.25) is 0 Å². The molecule has 0 aromatic carbocycles. The van der Waals surface area contributed by atoms with Crippen LogP contribution in [0.1, 0.15) is 13.3 Å². The zero-order valence-corrected chi connectivity index (χ0v) is 5.56. The number of alkyl halides is 1. The predicted molar refractivity (Wildman–Crippen MR) is 28.0 cm³/mol. The third kappa shape index (κ3) is 5.95. The second kappa shape index (κ2) is 3.02. The van der Waals surface area contributed by atoms with Gasteiger partial charge >= 0.3 is 0 Å². The van der Waals surface area contributed by atoms with Crippen LogP contribution in [0, 0.1) is 0 Å². The van der Waals surface area contributed by atoms with Crippen molar-refractivity contribution in [3.8, 4) is 0 Å². The molecular formula is C4H6BrO2-. The lowest BCUT2D eigenvalue weighted by molar-refractivity contribution is -0.305. The van der Waals surface area contributed by atoms with Crippen molar-refractivity contribution in [2.75, 3.05) is 0 Å². The number of carboxylic acids is 1. The van der Waals surface area contributed by atoms with Crippen LogP contribution in [0.25, 0.3) is 0 Å². The van der Waals surface area contributed by atoms with Crippen molar-refractivity contribution in [3.05, 3.63) is 0 Å². The summed E-state index contributed by atoms with van der Waals surface area (Å²) < 4.78 is 0.